The van der Waals surface area contributed by atoms with Crippen molar-refractivity contribution >= 4 is 17.2 Å². The Balaban J connectivity index is 1.73. The summed E-state index contributed by atoms with van der Waals surface area (Å²) < 4.78 is 10.4. The van der Waals surface area contributed by atoms with Crippen molar-refractivity contribution < 1.29 is 14.1 Å². The van der Waals surface area contributed by atoms with Gasteiger partial charge in [-0.25, -0.2) is 0 Å². The highest BCUT2D eigenvalue weighted by Crippen LogP contribution is 2.18. The maximum atomic E-state index is 12.5. The molecule has 5 nitrogen and oxygen atoms in total. The van der Waals surface area contributed by atoms with E-state index in [0.29, 0.717) is 18.8 Å². The zero-order valence-electron chi connectivity index (χ0n) is 11.0. The van der Waals surface area contributed by atoms with Gasteiger partial charge in [0.2, 0.25) is 0 Å². The summed E-state index contributed by atoms with van der Waals surface area (Å²) in [6.45, 7) is 1.97. The van der Waals surface area contributed by atoms with Gasteiger partial charge in [-0.1, -0.05) is 11.2 Å². The van der Waals surface area contributed by atoms with Gasteiger partial charge >= 0.3 is 0 Å². The van der Waals surface area contributed by atoms with Crippen LogP contribution in [0.15, 0.2) is 34.4 Å². The summed E-state index contributed by atoms with van der Waals surface area (Å²) in [6.07, 6.45) is 3.62. The third kappa shape index (κ3) is 3.08. The first-order chi connectivity index (χ1) is 9.83. The van der Waals surface area contributed by atoms with Crippen LogP contribution >= 0.6 is 11.3 Å². The average molecular weight is 292 g/mol. The first-order valence-corrected chi connectivity index (χ1v) is 7.54. The van der Waals surface area contributed by atoms with Gasteiger partial charge in [0.05, 0.1) is 12.6 Å². The Morgan fingerprint density at radius 2 is 2.45 bits per heavy atom. The minimum atomic E-state index is -0.109. The minimum Gasteiger partial charge on any atom is -0.376 e. The number of aromatic nitrogens is 1. The fraction of sp³-hybridized carbons (Fsp3) is 0.429. The molecule has 1 amide bonds. The predicted octanol–water partition coefficient (Wildman–Crippen LogP) is 2.56. The molecule has 3 heterocycles. The molecule has 0 aliphatic carbocycles. The Labute approximate surface area is 121 Å². The van der Waals surface area contributed by atoms with Crippen LogP contribution in [0.3, 0.4) is 0 Å². The highest BCUT2D eigenvalue weighted by molar-refractivity contribution is 7.09. The van der Waals surface area contributed by atoms with Gasteiger partial charge in [-0.05, 0) is 24.3 Å². The van der Waals surface area contributed by atoms with Crippen LogP contribution in [0.2, 0.25) is 0 Å². The van der Waals surface area contributed by atoms with Crippen LogP contribution in [0.25, 0.3) is 0 Å². The molecule has 20 heavy (non-hydrogen) atoms. The van der Waals surface area contributed by atoms with Gasteiger partial charge in [0.15, 0.2) is 5.69 Å². The van der Waals surface area contributed by atoms with Crippen molar-refractivity contribution in [2.24, 2.45) is 0 Å². The summed E-state index contributed by atoms with van der Waals surface area (Å²) in [4.78, 5) is 15.4. The molecule has 6 heteroatoms. The summed E-state index contributed by atoms with van der Waals surface area (Å²) in [5, 5.41) is 5.75. The Kier molecular flexibility index (Phi) is 4.13. The van der Waals surface area contributed by atoms with Gasteiger partial charge in [0.25, 0.3) is 5.91 Å². The van der Waals surface area contributed by atoms with Gasteiger partial charge in [-0.3, -0.25) is 4.79 Å². The third-order valence-electron chi connectivity index (χ3n) is 3.32. The fourth-order valence-electron chi connectivity index (χ4n) is 2.33. The summed E-state index contributed by atoms with van der Waals surface area (Å²) >= 11 is 1.65. The molecule has 1 aliphatic rings. The lowest BCUT2D eigenvalue weighted by atomic mass is 10.2. The van der Waals surface area contributed by atoms with Crippen molar-refractivity contribution in [2.75, 3.05) is 13.2 Å². The molecule has 0 spiro atoms. The number of hydrogen-bond donors (Lipinski definition) is 0. The molecule has 3 rings (SSSR count). The lowest BCUT2D eigenvalue weighted by Gasteiger charge is -2.24. The van der Waals surface area contributed by atoms with E-state index >= 15 is 0 Å². The molecular weight excluding hydrogens is 276 g/mol. The Morgan fingerprint density at radius 3 is 3.10 bits per heavy atom. The van der Waals surface area contributed by atoms with Crippen molar-refractivity contribution in [3.63, 3.8) is 0 Å². The highest BCUT2D eigenvalue weighted by Gasteiger charge is 2.25. The highest BCUT2D eigenvalue weighted by atomic mass is 32.1. The van der Waals surface area contributed by atoms with Crippen LogP contribution in [-0.4, -0.2) is 35.2 Å². The van der Waals surface area contributed by atoms with E-state index in [1.807, 2.05) is 17.5 Å². The minimum absolute atomic E-state index is 0.109. The summed E-state index contributed by atoms with van der Waals surface area (Å²) in [5.41, 5.74) is 0.347. The van der Waals surface area contributed by atoms with Crippen LogP contribution in [-0.2, 0) is 11.3 Å². The summed E-state index contributed by atoms with van der Waals surface area (Å²) in [6, 6.07) is 5.62. The summed E-state index contributed by atoms with van der Waals surface area (Å²) in [7, 11) is 0. The maximum absolute atomic E-state index is 12.5. The monoisotopic (exact) mass is 292 g/mol. The number of hydrogen-bond acceptors (Lipinski definition) is 5. The van der Waals surface area contributed by atoms with E-state index in [-0.39, 0.29) is 12.0 Å². The van der Waals surface area contributed by atoms with E-state index in [2.05, 4.69) is 5.16 Å². The molecule has 1 saturated heterocycles. The Hall–Kier alpha value is -1.66. The number of carbonyl (C=O) groups is 1. The Bertz CT molecular complexity index is 533. The molecule has 0 N–H and O–H groups in total. The second kappa shape index (κ2) is 6.19. The van der Waals surface area contributed by atoms with Crippen LogP contribution in [0.5, 0.6) is 0 Å². The second-order valence-corrected chi connectivity index (χ2v) is 5.82. The van der Waals surface area contributed by atoms with Gasteiger partial charge in [-0.15, -0.1) is 11.3 Å². The van der Waals surface area contributed by atoms with Crippen LogP contribution in [0.1, 0.15) is 28.2 Å². The SMILES string of the molecule is O=C(c1ccon1)N(Cc1cccs1)CC1CCCO1. The fourth-order valence-corrected chi connectivity index (χ4v) is 3.05. The van der Waals surface area contributed by atoms with E-state index < -0.39 is 0 Å². The van der Waals surface area contributed by atoms with Crippen LogP contribution in [0.4, 0.5) is 0 Å². The van der Waals surface area contributed by atoms with Gasteiger partial charge < -0.3 is 14.2 Å². The standard InChI is InChI=1S/C14H16N2O3S/c17-14(13-5-7-19-15-13)16(9-11-3-1-6-18-11)10-12-4-2-8-20-12/h2,4-5,7-8,11H,1,3,6,9-10H2. The zero-order chi connectivity index (χ0) is 13.8. The van der Waals surface area contributed by atoms with Crippen molar-refractivity contribution in [1.82, 2.24) is 10.1 Å². The average Bonchev–Trinajstić information content (AvgIpc) is 3.20. The van der Waals surface area contributed by atoms with Crippen molar-refractivity contribution in [3.05, 3.63) is 40.4 Å². The third-order valence-corrected chi connectivity index (χ3v) is 4.18. The predicted molar refractivity (Wildman–Crippen MR) is 74.5 cm³/mol. The number of ether oxygens (including phenoxy) is 1. The normalized spacial score (nSPS) is 18.3. The first kappa shape index (κ1) is 13.3. The molecule has 1 unspecified atom stereocenters. The molecular formula is C14H16N2O3S. The lowest BCUT2D eigenvalue weighted by Crippen LogP contribution is -2.36. The molecule has 1 aliphatic heterocycles. The van der Waals surface area contributed by atoms with E-state index in [9.17, 15) is 4.79 Å². The van der Waals surface area contributed by atoms with Crippen molar-refractivity contribution in [2.45, 2.75) is 25.5 Å². The molecule has 2 aromatic rings. The first-order valence-electron chi connectivity index (χ1n) is 6.66. The van der Waals surface area contributed by atoms with Gasteiger partial charge in [0.1, 0.15) is 6.26 Å². The smallest absolute Gasteiger partial charge is 0.276 e. The van der Waals surface area contributed by atoms with Crippen LogP contribution < -0.4 is 0 Å². The van der Waals surface area contributed by atoms with Crippen molar-refractivity contribution in [3.8, 4) is 0 Å². The molecule has 1 fully saturated rings. The molecule has 0 radical (unpaired) electrons. The van der Waals surface area contributed by atoms with E-state index in [4.69, 9.17) is 9.26 Å². The number of carbonyl (C=O) groups excluding carboxylic acids is 1. The molecule has 2 aromatic heterocycles. The number of amides is 1. The number of nitrogens with zero attached hydrogens (tertiary/aromatic N) is 2. The molecule has 106 valence electrons. The number of thiophene rings is 1. The van der Waals surface area contributed by atoms with E-state index in [1.165, 1.54) is 6.26 Å². The second-order valence-electron chi connectivity index (χ2n) is 4.78. The zero-order valence-corrected chi connectivity index (χ0v) is 11.8. The molecule has 0 saturated carbocycles. The van der Waals surface area contributed by atoms with E-state index in [0.717, 1.165) is 24.3 Å². The largest absolute Gasteiger partial charge is 0.376 e. The topological polar surface area (TPSA) is 55.6 Å². The van der Waals surface area contributed by atoms with Crippen LogP contribution in [0, 0.1) is 0 Å². The van der Waals surface area contributed by atoms with Gasteiger partial charge in [-0.2, -0.15) is 0 Å². The number of rotatable bonds is 5. The lowest BCUT2D eigenvalue weighted by molar-refractivity contribution is 0.0502. The van der Waals surface area contributed by atoms with E-state index in [1.54, 1.807) is 22.3 Å². The molecule has 1 atom stereocenters. The quantitative estimate of drug-likeness (QED) is 0.850. The maximum Gasteiger partial charge on any atom is 0.276 e. The molecule has 0 aromatic carbocycles. The van der Waals surface area contributed by atoms with Crippen molar-refractivity contribution in [1.29, 1.82) is 0 Å². The summed E-state index contributed by atoms with van der Waals surface area (Å²) in [5.74, 6) is -0.109. The van der Waals surface area contributed by atoms with Gasteiger partial charge in [0, 0.05) is 24.1 Å². The molecule has 0 bridgehead atoms. The Morgan fingerprint density at radius 1 is 1.50 bits per heavy atom.